The summed E-state index contributed by atoms with van der Waals surface area (Å²) in [6, 6.07) is 13.3. The lowest BCUT2D eigenvalue weighted by Crippen LogP contribution is -2.43. The van der Waals surface area contributed by atoms with E-state index in [0.717, 1.165) is 84.9 Å². The predicted molar refractivity (Wildman–Crippen MR) is 164 cm³/mol. The van der Waals surface area contributed by atoms with Gasteiger partial charge in [0.25, 0.3) is 5.91 Å². The summed E-state index contributed by atoms with van der Waals surface area (Å²) in [6.45, 7) is 4.77. The van der Waals surface area contributed by atoms with E-state index in [2.05, 4.69) is 46.0 Å². The Morgan fingerprint density at radius 2 is 1.98 bits per heavy atom. The van der Waals surface area contributed by atoms with Gasteiger partial charge in [-0.15, -0.1) is 0 Å². The van der Waals surface area contributed by atoms with Crippen LogP contribution in [0.5, 0.6) is 6.01 Å². The van der Waals surface area contributed by atoms with Crippen LogP contribution < -0.4 is 14.5 Å². The van der Waals surface area contributed by atoms with E-state index in [1.807, 2.05) is 12.1 Å². The molecule has 4 aliphatic rings. The molecule has 10 heteroatoms. The van der Waals surface area contributed by atoms with Crippen molar-refractivity contribution in [2.45, 2.75) is 44.7 Å². The number of carbonyl (C=O) groups excluding carboxylic acids is 1. The molecule has 7 rings (SSSR count). The summed E-state index contributed by atoms with van der Waals surface area (Å²) in [6.07, 6.45) is 4.85. The lowest BCUT2D eigenvalue weighted by molar-refractivity contribution is -0.176. The molecule has 2 aromatic carbocycles. The second kappa shape index (κ2) is 10.8. The number of fused-ring (bicyclic) bond motifs is 3. The number of piperidine rings is 1. The maximum Gasteiger partial charge on any atom is 0.318 e. The number of anilines is 2. The fourth-order valence-corrected chi connectivity index (χ4v) is 7.67. The zero-order chi connectivity index (χ0) is 29.0. The topological polar surface area (TPSA) is 74.3 Å². The van der Waals surface area contributed by atoms with Crippen molar-refractivity contribution in [3.05, 3.63) is 52.7 Å². The maximum atomic E-state index is 13.1. The molecule has 3 aliphatic heterocycles. The number of likely N-dealkylation sites (N-methyl/N-ethyl adjacent to an activating group) is 1. The summed E-state index contributed by atoms with van der Waals surface area (Å²) in [5, 5.41) is 4.36. The van der Waals surface area contributed by atoms with Crippen LogP contribution >= 0.6 is 11.6 Å². The third-order valence-electron chi connectivity index (χ3n) is 10.1. The fraction of sp³-hybridized carbons (Fsp3) is 0.531. The molecule has 1 aliphatic carbocycles. The summed E-state index contributed by atoms with van der Waals surface area (Å²) in [5.41, 5.74) is 3.02. The number of amides is 1. The van der Waals surface area contributed by atoms with Gasteiger partial charge in [-0.25, -0.2) is 5.06 Å². The number of likely N-dealkylation sites (tertiary alicyclic amines) is 1. The van der Waals surface area contributed by atoms with Crippen LogP contribution in [0, 0.1) is 11.3 Å². The molecule has 0 radical (unpaired) electrons. The van der Waals surface area contributed by atoms with Gasteiger partial charge in [-0.05, 0) is 69.1 Å². The first kappa shape index (κ1) is 27.7. The first-order valence-electron chi connectivity index (χ1n) is 15.1. The number of halogens is 1. The van der Waals surface area contributed by atoms with Gasteiger partial charge in [-0.2, -0.15) is 9.97 Å². The predicted octanol–water partition coefficient (Wildman–Crippen LogP) is 4.56. The molecule has 2 saturated heterocycles. The Hall–Kier alpha value is -3.14. The van der Waals surface area contributed by atoms with E-state index in [4.69, 9.17) is 31.1 Å². The van der Waals surface area contributed by atoms with Gasteiger partial charge < -0.3 is 19.4 Å². The van der Waals surface area contributed by atoms with Crippen molar-refractivity contribution >= 4 is 39.8 Å². The summed E-state index contributed by atoms with van der Waals surface area (Å²) >= 11 is 6.71. The van der Waals surface area contributed by atoms with Crippen molar-refractivity contribution in [3.63, 3.8) is 0 Å². The molecule has 3 fully saturated rings. The minimum Gasteiger partial charge on any atom is -0.462 e. The Labute approximate surface area is 252 Å². The smallest absolute Gasteiger partial charge is 0.318 e. The third-order valence-corrected chi connectivity index (χ3v) is 10.4. The van der Waals surface area contributed by atoms with E-state index in [1.54, 1.807) is 14.2 Å². The number of benzene rings is 2. The van der Waals surface area contributed by atoms with Crippen molar-refractivity contribution in [2.24, 2.45) is 11.3 Å². The van der Waals surface area contributed by atoms with Crippen LogP contribution in [0.3, 0.4) is 0 Å². The maximum absolute atomic E-state index is 13.1. The van der Waals surface area contributed by atoms with E-state index in [9.17, 15) is 4.79 Å². The molecule has 3 aromatic rings. The molecule has 2 unspecified atom stereocenters. The summed E-state index contributed by atoms with van der Waals surface area (Å²) in [5.74, 6) is 1.36. The molecular formula is C32H39ClN6O3. The van der Waals surface area contributed by atoms with Crippen molar-refractivity contribution in [1.82, 2.24) is 19.9 Å². The van der Waals surface area contributed by atoms with Crippen LogP contribution in [0.15, 0.2) is 36.4 Å². The minimum absolute atomic E-state index is 0.0912. The van der Waals surface area contributed by atoms with Gasteiger partial charge in [0.15, 0.2) is 0 Å². The number of ether oxygens (including phenoxy) is 1. The lowest BCUT2D eigenvalue weighted by atomic mass is 9.93. The molecule has 0 N–H and O–H groups in total. The van der Waals surface area contributed by atoms with Crippen molar-refractivity contribution in [2.75, 3.05) is 63.8 Å². The zero-order valence-corrected chi connectivity index (χ0v) is 25.4. The molecule has 4 heterocycles. The first-order valence-corrected chi connectivity index (χ1v) is 15.5. The SMILES string of the molecule is CON(C)C(=O)C12CCN(c3nc(OC[C@@H]4CCCN4C)nc4c3CCN(c3cccc5cccc(Cl)c35)C4)CC1C2. The van der Waals surface area contributed by atoms with Gasteiger partial charge in [-0.1, -0.05) is 35.9 Å². The van der Waals surface area contributed by atoms with Crippen LogP contribution in [0.1, 0.15) is 36.9 Å². The highest BCUT2D eigenvalue weighted by Crippen LogP contribution is 2.59. The molecular weight excluding hydrogens is 552 g/mol. The number of hydrogen-bond acceptors (Lipinski definition) is 8. The molecule has 3 atom stereocenters. The highest BCUT2D eigenvalue weighted by molar-refractivity contribution is 6.36. The van der Waals surface area contributed by atoms with Gasteiger partial charge in [0.05, 0.1) is 29.8 Å². The fourth-order valence-electron chi connectivity index (χ4n) is 7.40. The molecule has 42 heavy (non-hydrogen) atoms. The Morgan fingerprint density at radius 1 is 1.14 bits per heavy atom. The van der Waals surface area contributed by atoms with E-state index in [-0.39, 0.29) is 11.3 Å². The standard InChI is InChI=1S/C32H39ClN6O3/c1-36-14-6-9-23(36)20-42-31-34-26-19-38(27-11-5-8-21-7-4-10-25(33)28(21)27)15-12-24(26)29(35-31)39-16-13-32(17-22(32)18-39)30(40)37(2)41-3/h4-5,7-8,10-11,22-23H,6,9,12-20H2,1-3H3/t22?,23-,32?/m0/s1. The van der Waals surface area contributed by atoms with E-state index < -0.39 is 0 Å². The highest BCUT2D eigenvalue weighted by atomic mass is 35.5. The van der Waals surface area contributed by atoms with E-state index in [0.29, 0.717) is 31.1 Å². The second-order valence-electron chi connectivity index (χ2n) is 12.4. The van der Waals surface area contributed by atoms with Gasteiger partial charge in [0, 0.05) is 49.4 Å². The normalized spacial score (nSPS) is 25.3. The highest BCUT2D eigenvalue weighted by Gasteiger charge is 2.63. The monoisotopic (exact) mass is 590 g/mol. The molecule has 222 valence electrons. The van der Waals surface area contributed by atoms with Gasteiger partial charge in [-0.3, -0.25) is 9.63 Å². The largest absolute Gasteiger partial charge is 0.462 e. The molecule has 1 saturated carbocycles. The minimum atomic E-state index is -0.300. The van der Waals surface area contributed by atoms with E-state index >= 15 is 0 Å². The number of nitrogens with zero attached hydrogens (tertiary/aromatic N) is 6. The Morgan fingerprint density at radius 3 is 2.74 bits per heavy atom. The van der Waals surface area contributed by atoms with Crippen LogP contribution in [0.25, 0.3) is 10.8 Å². The summed E-state index contributed by atoms with van der Waals surface area (Å²) in [7, 11) is 5.42. The quantitative estimate of drug-likeness (QED) is 0.371. The molecule has 1 amide bonds. The third kappa shape index (κ3) is 4.75. The zero-order valence-electron chi connectivity index (χ0n) is 24.7. The number of rotatable bonds is 7. The van der Waals surface area contributed by atoms with Crippen molar-refractivity contribution in [1.29, 1.82) is 0 Å². The van der Waals surface area contributed by atoms with Crippen LogP contribution in [0.2, 0.25) is 5.02 Å². The summed E-state index contributed by atoms with van der Waals surface area (Å²) in [4.78, 5) is 35.5. The van der Waals surface area contributed by atoms with Crippen LogP contribution in [-0.4, -0.2) is 85.9 Å². The van der Waals surface area contributed by atoms with Gasteiger partial charge in [0.1, 0.15) is 12.4 Å². The number of hydrogen-bond donors (Lipinski definition) is 0. The lowest BCUT2D eigenvalue weighted by Gasteiger charge is -2.37. The second-order valence-corrected chi connectivity index (χ2v) is 12.8. The summed E-state index contributed by atoms with van der Waals surface area (Å²) < 4.78 is 6.32. The van der Waals surface area contributed by atoms with Crippen molar-refractivity contribution < 1.29 is 14.4 Å². The average Bonchev–Trinajstić information content (AvgIpc) is 3.62. The van der Waals surface area contributed by atoms with Gasteiger partial charge >= 0.3 is 6.01 Å². The number of aromatic nitrogens is 2. The van der Waals surface area contributed by atoms with Crippen LogP contribution in [-0.2, 0) is 22.6 Å². The van der Waals surface area contributed by atoms with Crippen molar-refractivity contribution in [3.8, 4) is 6.01 Å². The Bertz CT molecular complexity index is 1510. The van der Waals surface area contributed by atoms with E-state index in [1.165, 1.54) is 17.0 Å². The molecule has 0 bridgehead atoms. The Kier molecular flexibility index (Phi) is 7.15. The molecule has 9 nitrogen and oxygen atoms in total. The number of carbonyl (C=O) groups is 1. The first-order chi connectivity index (χ1) is 20.4. The van der Waals surface area contributed by atoms with Crippen LogP contribution in [0.4, 0.5) is 11.5 Å². The Balaban J connectivity index is 1.19. The number of hydroxylamine groups is 2. The average molecular weight is 591 g/mol. The van der Waals surface area contributed by atoms with Gasteiger partial charge in [0.2, 0.25) is 0 Å². The molecule has 0 spiro atoms. The molecule has 1 aromatic heterocycles.